The highest BCUT2D eigenvalue weighted by Crippen LogP contribution is 2.62. The third-order valence-corrected chi connectivity index (χ3v) is 8.22. The molecule has 3 unspecified atom stereocenters. The van der Waals surface area contributed by atoms with Gasteiger partial charge in [0.15, 0.2) is 9.84 Å². The molecule has 4 heteroatoms. The van der Waals surface area contributed by atoms with E-state index >= 15 is 0 Å². The van der Waals surface area contributed by atoms with Crippen LogP contribution in [0.25, 0.3) is 0 Å². The molecule has 5 aliphatic rings. The number of hydrogen-bond donors (Lipinski definition) is 0. The van der Waals surface area contributed by atoms with Gasteiger partial charge >= 0.3 is 0 Å². The van der Waals surface area contributed by atoms with E-state index in [2.05, 4.69) is 4.90 Å². The molecule has 16 heavy (non-hydrogen) atoms. The van der Waals surface area contributed by atoms with E-state index in [1.165, 1.54) is 19.3 Å². The normalized spacial score (nSPS) is 57.8. The molecule has 4 saturated carbocycles. The quantitative estimate of drug-likeness (QED) is 0.640. The SMILES string of the molecule is CN1CS(=O)(=O)C23CC4CC(CC(C4)C12)C3. The molecule has 4 bridgehead atoms. The molecule has 5 rings (SSSR count). The van der Waals surface area contributed by atoms with E-state index in [0.717, 1.165) is 24.7 Å². The van der Waals surface area contributed by atoms with Crippen molar-refractivity contribution in [3.05, 3.63) is 0 Å². The van der Waals surface area contributed by atoms with Gasteiger partial charge in [0.25, 0.3) is 0 Å². The Morgan fingerprint density at radius 2 is 1.75 bits per heavy atom. The van der Waals surface area contributed by atoms with Crippen molar-refractivity contribution in [1.82, 2.24) is 4.90 Å². The average Bonchev–Trinajstić information content (AvgIpc) is 2.31. The maximum absolute atomic E-state index is 12.5. The predicted octanol–water partition coefficient (Wildman–Crippen LogP) is 1.25. The van der Waals surface area contributed by atoms with Gasteiger partial charge in [0, 0.05) is 6.04 Å². The molecule has 0 amide bonds. The van der Waals surface area contributed by atoms with E-state index in [9.17, 15) is 8.42 Å². The van der Waals surface area contributed by atoms with Crippen molar-refractivity contribution in [3.63, 3.8) is 0 Å². The van der Waals surface area contributed by atoms with E-state index in [-0.39, 0.29) is 4.75 Å². The van der Waals surface area contributed by atoms with Crippen LogP contribution in [0.3, 0.4) is 0 Å². The molecule has 0 N–H and O–H groups in total. The van der Waals surface area contributed by atoms with Gasteiger partial charge in [-0.15, -0.1) is 0 Å². The maximum atomic E-state index is 12.5. The van der Waals surface area contributed by atoms with Crippen LogP contribution in [0, 0.1) is 17.8 Å². The van der Waals surface area contributed by atoms with E-state index in [4.69, 9.17) is 0 Å². The van der Waals surface area contributed by atoms with Crippen molar-refractivity contribution in [3.8, 4) is 0 Å². The molecule has 1 aliphatic heterocycles. The lowest BCUT2D eigenvalue weighted by Crippen LogP contribution is -2.62. The van der Waals surface area contributed by atoms with Gasteiger partial charge in [-0.1, -0.05) is 0 Å². The van der Waals surface area contributed by atoms with E-state index in [1.54, 1.807) is 0 Å². The first-order valence-corrected chi connectivity index (χ1v) is 8.10. The van der Waals surface area contributed by atoms with Crippen LogP contribution in [0.2, 0.25) is 0 Å². The van der Waals surface area contributed by atoms with E-state index < -0.39 is 9.84 Å². The Morgan fingerprint density at radius 3 is 2.38 bits per heavy atom. The van der Waals surface area contributed by atoms with Gasteiger partial charge in [-0.05, 0) is 56.9 Å². The van der Waals surface area contributed by atoms with Gasteiger partial charge in [-0.25, -0.2) is 8.42 Å². The molecule has 90 valence electrons. The molecule has 1 saturated heterocycles. The molecule has 4 aliphatic carbocycles. The number of nitrogens with zero attached hydrogens (tertiary/aromatic N) is 1. The smallest absolute Gasteiger partial charge is 0.170 e. The van der Waals surface area contributed by atoms with Crippen LogP contribution in [0.5, 0.6) is 0 Å². The van der Waals surface area contributed by atoms with Gasteiger partial charge in [-0.3, -0.25) is 4.90 Å². The molecule has 0 aromatic heterocycles. The standard InChI is InChI=1S/C12H19NO2S/c1-13-7-16(14,15)12-5-8-2-9(6-12)4-10(3-8)11(12)13/h8-11H,2-7H2,1H3. The molecule has 5 fully saturated rings. The van der Waals surface area contributed by atoms with Gasteiger partial charge < -0.3 is 0 Å². The number of rotatable bonds is 0. The van der Waals surface area contributed by atoms with E-state index in [1.807, 2.05) is 7.05 Å². The second kappa shape index (κ2) is 2.66. The highest BCUT2D eigenvalue weighted by atomic mass is 32.2. The van der Waals surface area contributed by atoms with Crippen LogP contribution < -0.4 is 0 Å². The zero-order chi connectivity index (χ0) is 11.1. The highest BCUT2D eigenvalue weighted by molar-refractivity contribution is 7.93. The Bertz CT molecular complexity index is 430. The first-order valence-electron chi connectivity index (χ1n) is 6.44. The summed E-state index contributed by atoms with van der Waals surface area (Å²) < 4.78 is 24.6. The number of sulfone groups is 1. The molecular weight excluding hydrogens is 222 g/mol. The molecule has 0 radical (unpaired) electrons. The predicted molar refractivity (Wildman–Crippen MR) is 61.6 cm³/mol. The first-order chi connectivity index (χ1) is 7.52. The molecule has 0 aromatic carbocycles. The monoisotopic (exact) mass is 241 g/mol. The molecule has 3 atom stereocenters. The summed E-state index contributed by atoms with van der Waals surface area (Å²) in [6, 6.07) is 0.352. The fraction of sp³-hybridized carbons (Fsp3) is 1.00. The van der Waals surface area contributed by atoms with Crippen LogP contribution in [0.15, 0.2) is 0 Å². The van der Waals surface area contributed by atoms with Gasteiger partial charge in [-0.2, -0.15) is 0 Å². The summed E-state index contributed by atoms with van der Waals surface area (Å²) in [5, 5.41) is 0. The summed E-state index contributed by atoms with van der Waals surface area (Å²) >= 11 is 0. The lowest BCUT2D eigenvalue weighted by Gasteiger charge is -2.58. The van der Waals surface area contributed by atoms with Crippen molar-refractivity contribution in [2.24, 2.45) is 17.8 Å². The average molecular weight is 241 g/mol. The summed E-state index contributed by atoms with van der Waals surface area (Å²) in [5.74, 6) is 2.42. The zero-order valence-corrected chi connectivity index (χ0v) is 10.5. The summed E-state index contributed by atoms with van der Waals surface area (Å²) in [4.78, 5) is 2.14. The summed E-state index contributed by atoms with van der Waals surface area (Å²) in [7, 11) is -0.853. The van der Waals surface area contributed by atoms with Gasteiger partial charge in [0.05, 0.1) is 4.75 Å². The van der Waals surface area contributed by atoms with Crippen molar-refractivity contribution in [2.75, 3.05) is 12.9 Å². The second-order valence-electron chi connectivity index (χ2n) is 6.62. The second-order valence-corrected chi connectivity index (χ2v) is 8.92. The van der Waals surface area contributed by atoms with Crippen LogP contribution in [0.4, 0.5) is 0 Å². The first kappa shape index (κ1) is 9.89. The molecular formula is C12H19NO2S. The minimum absolute atomic E-state index is 0.313. The summed E-state index contributed by atoms with van der Waals surface area (Å²) in [6.45, 7) is 0. The van der Waals surface area contributed by atoms with Crippen molar-refractivity contribution < 1.29 is 8.42 Å². The zero-order valence-electron chi connectivity index (χ0n) is 9.72. The fourth-order valence-electron chi connectivity index (χ4n) is 5.62. The van der Waals surface area contributed by atoms with Crippen LogP contribution >= 0.6 is 0 Å². The van der Waals surface area contributed by atoms with Gasteiger partial charge in [0.2, 0.25) is 0 Å². The van der Waals surface area contributed by atoms with Crippen LogP contribution in [-0.2, 0) is 9.84 Å². The minimum Gasteiger partial charge on any atom is -0.288 e. The summed E-state index contributed by atoms with van der Waals surface area (Å²) in [6.07, 6.45) is 5.84. The Balaban J connectivity index is 1.91. The number of hydrogen-bond acceptors (Lipinski definition) is 3. The largest absolute Gasteiger partial charge is 0.288 e. The van der Waals surface area contributed by atoms with Gasteiger partial charge in [0.1, 0.15) is 5.88 Å². The lowest BCUT2D eigenvalue weighted by atomic mass is 9.53. The highest BCUT2D eigenvalue weighted by Gasteiger charge is 2.67. The van der Waals surface area contributed by atoms with Crippen LogP contribution in [-0.4, -0.2) is 37.0 Å². The third-order valence-electron chi connectivity index (χ3n) is 5.66. The Kier molecular flexibility index (Phi) is 1.65. The van der Waals surface area contributed by atoms with Crippen molar-refractivity contribution >= 4 is 9.84 Å². The Labute approximate surface area is 97.1 Å². The summed E-state index contributed by atoms with van der Waals surface area (Å²) in [5.41, 5.74) is 0. The molecule has 3 nitrogen and oxygen atoms in total. The molecule has 1 spiro atoms. The Hall–Kier alpha value is -0.0900. The van der Waals surface area contributed by atoms with E-state index in [0.29, 0.717) is 17.8 Å². The fourth-order valence-corrected chi connectivity index (χ4v) is 8.29. The van der Waals surface area contributed by atoms with Crippen LogP contribution in [0.1, 0.15) is 32.1 Å². The Morgan fingerprint density at radius 1 is 1.12 bits per heavy atom. The third kappa shape index (κ3) is 0.931. The topological polar surface area (TPSA) is 37.4 Å². The molecule has 0 aromatic rings. The van der Waals surface area contributed by atoms with Crippen molar-refractivity contribution in [1.29, 1.82) is 0 Å². The lowest BCUT2D eigenvalue weighted by molar-refractivity contribution is -0.0248. The molecule has 1 heterocycles. The maximum Gasteiger partial charge on any atom is 0.170 e. The minimum atomic E-state index is -2.87. The van der Waals surface area contributed by atoms with Crippen molar-refractivity contribution in [2.45, 2.75) is 42.9 Å².